The second-order valence-electron chi connectivity index (χ2n) is 5.76. The molecule has 0 unspecified atom stereocenters. The number of ether oxygens (including phenoxy) is 2. The van der Waals surface area contributed by atoms with Gasteiger partial charge in [-0.2, -0.15) is 0 Å². The molecule has 0 spiro atoms. The molecule has 0 aliphatic carbocycles. The third-order valence-electron chi connectivity index (χ3n) is 3.67. The molecular formula is C17H26O4. The molecule has 0 aliphatic heterocycles. The second kappa shape index (κ2) is 8.80. The predicted molar refractivity (Wildman–Crippen MR) is 81.8 cm³/mol. The summed E-state index contributed by atoms with van der Waals surface area (Å²) in [4.78, 5) is 11.6. The maximum Gasteiger partial charge on any atom is 0.313 e. The van der Waals surface area contributed by atoms with E-state index >= 15 is 0 Å². The molecule has 0 saturated heterocycles. The lowest BCUT2D eigenvalue weighted by Gasteiger charge is -2.27. The van der Waals surface area contributed by atoms with Gasteiger partial charge in [-0.15, -0.1) is 0 Å². The van der Waals surface area contributed by atoms with Gasteiger partial charge in [0.15, 0.2) is 0 Å². The third kappa shape index (κ3) is 5.86. The number of benzene rings is 1. The number of carbonyl (C=O) groups excluding carboxylic acids is 1. The highest BCUT2D eigenvalue weighted by molar-refractivity contribution is 5.76. The van der Waals surface area contributed by atoms with E-state index in [-0.39, 0.29) is 5.97 Å². The van der Waals surface area contributed by atoms with Crippen molar-refractivity contribution in [1.29, 1.82) is 0 Å². The Morgan fingerprint density at radius 3 is 2.52 bits per heavy atom. The average molecular weight is 294 g/mol. The first-order valence-electron chi connectivity index (χ1n) is 7.36. The molecule has 0 aromatic heterocycles. The zero-order chi connectivity index (χ0) is 15.7. The molecule has 0 saturated carbocycles. The van der Waals surface area contributed by atoms with Crippen LogP contribution < -0.4 is 0 Å². The van der Waals surface area contributed by atoms with Crippen LogP contribution in [0.2, 0.25) is 0 Å². The van der Waals surface area contributed by atoms with Crippen LogP contribution in [0, 0.1) is 5.41 Å². The van der Waals surface area contributed by atoms with Crippen molar-refractivity contribution in [3.8, 4) is 0 Å². The molecule has 4 nitrogen and oxygen atoms in total. The smallest absolute Gasteiger partial charge is 0.313 e. The van der Waals surface area contributed by atoms with E-state index in [0.717, 1.165) is 18.4 Å². The topological polar surface area (TPSA) is 55.8 Å². The molecule has 4 heteroatoms. The van der Waals surface area contributed by atoms with Crippen molar-refractivity contribution in [3.63, 3.8) is 0 Å². The van der Waals surface area contributed by atoms with Gasteiger partial charge in [-0.25, -0.2) is 0 Å². The van der Waals surface area contributed by atoms with Crippen LogP contribution in [0.25, 0.3) is 0 Å². The standard InChI is InChI=1S/C17H26O4/c1-17(2,16(19)20-3)15(18)11-7-8-12-21-13-14-9-5-4-6-10-14/h4-6,9-10,15,18H,7-8,11-13H2,1-3H3/t15-/m0/s1. The zero-order valence-corrected chi connectivity index (χ0v) is 13.2. The summed E-state index contributed by atoms with van der Waals surface area (Å²) in [7, 11) is 1.34. The van der Waals surface area contributed by atoms with Crippen LogP contribution in [0.3, 0.4) is 0 Å². The first-order valence-corrected chi connectivity index (χ1v) is 7.36. The van der Waals surface area contributed by atoms with Crippen molar-refractivity contribution in [2.45, 2.75) is 45.8 Å². The number of hydrogen-bond acceptors (Lipinski definition) is 4. The molecule has 0 bridgehead atoms. The summed E-state index contributed by atoms with van der Waals surface area (Å²) in [6.45, 7) is 4.67. The number of methoxy groups -OCH3 is 1. The Morgan fingerprint density at radius 2 is 1.90 bits per heavy atom. The van der Waals surface area contributed by atoms with Crippen LogP contribution in [0.1, 0.15) is 38.7 Å². The van der Waals surface area contributed by atoms with Crippen LogP contribution in [-0.4, -0.2) is 30.9 Å². The largest absolute Gasteiger partial charge is 0.469 e. The van der Waals surface area contributed by atoms with Crippen LogP contribution in [0.4, 0.5) is 0 Å². The molecule has 1 aromatic carbocycles. The Balaban J connectivity index is 2.15. The minimum atomic E-state index is -0.861. The molecule has 118 valence electrons. The van der Waals surface area contributed by atoms with Crippen molar-refractivity contribution < 1.29 is 19.4 Å². The summed E-state index contributed by atoms with van der Waals surface area (Å²) >= 11 is 0. The third-order valence-corrected chi connectivity index (χ3v) is 3.67. The van der Waals surface area contributed by atoms with Gasteiger partial charge >= 0.3 is 5.97 Å². The highest BCUT2D eigenvalue weighted by Gasteiger charge is 2.36. The Labute approximate surface area is 127 Å². The molecule has 1 aromatic rings. The van der Waals surface area contributed by atoms with Crippen molar-refractivity contribution in [1.82, 2.24) is 0 Å². The summed E-state index contributed by atoms with van der Waals surface area (Å²) in [5.41, 5.74) is 0.295. The van der Waals surface area contributed by atoms with Gasteiger partial charge in [0.25, 0.3) is 0 Å². The SMILES string of the molecule is COC(=O)C(C)(C)[C@@H](O)CCCCOCc1ccccc1. The molecule has 21 heavy (non-hydrogen) atoms. The van der Waals surface area contributed by atoms with E-state index in [0.29, 0.717) is 19.6 Å². The fourth-order valence-electron chi connectivity index (χ4n) is 2.07. The van der Waals surface area contributed by atoms with Crippen molar-refractivity contribution in [3.05, 3.63) is 35.9 Å². The van der Waals surface area contributed by atoms with E-state index < -0.39 is 11.5 Å². The van der Waals surface area contributed by atoms with Gasteiger partial charge in [-0.3, -0.25) is 4.79 Å². The van der Waals surface area contributed by atoms with Gasteiger partial charge in [0.1, 0.15) is 0 Å². The fourth-order valence-corrected chi connectivity index (χ4v) is 2.07. The quantitative estimate of drug-likeness (QED) is 0.562. The number of rotatable bonds is 9. The number of carbonyl (C=O) groups is 1. The van der Waals surface area contributed by atoms with Gasteiger partial charge in [0.2, 0.25) is 0 Å². The summed E-state index contributed by atoms with van der Waals surface area (Å²) in [5, 5.41) is 10.1. The van der Waals surface area contributed by atoms with E-state index in [1.54, 1.807) is 13.8 Å². The van der Waals surface area contributed by atoms with E-state index in [1.165, 1.54) is 7.11 Å². The van der Waals surface area contributed by atoms with Gasteiger partial charge in [0.05, 0.1) is 25.2 Å². The molecule has 0 aliphatic rings. The van der Waals surface area contributed by atoms with Crippen LogP contribution in [0.5, 0.6) is 0 Å². The normalized spacial score (nSPS) is 13.0. The predicted octanol–water partition coefficient (Wildman–Crippen LogP) is 2.93. The van der Waals surface area contributed by atoms with Crippen LogP contribution >= 0.6 is 0 Å². The molecule has 0 amide bonds. The Kier molecular flexibility index (Phi) is 7.40. The maximum atomic E-state index is 11.6. The van der Waals surface area contributed by atoms with E-state index in [9.17, 15) is 9.90 Å². The van der Waals surface area contributed by atoms with Crippen molar-refractivity contribution in [2.24, 2.45) is 5.41 Å². The summed E-state index contributed by atoms with van der Waals surface area (Å²) in [6.07, 6.45) is 1.55. The molecular weight excluding hydrogens is 268 g/mol. The van der Waals surface area contributed by atoms with Crippen molar-refractivity contribution >= 4 is 5.97 Å². The molecule has 0 heterocycles. The summed E-state index contributed by atoms with van der Waals surface area (Å²) in [6, 6.07) is 10.0. The monoisotopic (exact) mass is 294 g/mol. The van der Waals surface area contributed by atoms with Gasteiger partial charge in [-0.05, 0) is 38.7 Å². The fraction of sp³-hybridized carbons (Fsp3) is 0.588. The van der Waals surface area contributed by atoms with E-state index in [2.05, 4.69) is 0 Å². The Bertz CT molecular complexity index is 414. The summed E-state index contributed by atoms with van der Waals surface area (Å²) < 4.78 is 10.3. The lowest BCUT2D eigenvalue weighted by atomic mass is 9.84. The lowest BCUT2D eigenvalue weighted by Crippen LogP contribution is -2.38. The second-order valence-corrected chi connectivity index (χ2v) is 5.76. The van der Waals surface area contributed by atoms with Gasteiger partial charge < -0.3 is 14.6 Å². The minimum Gasteiger partial charge on any atom is -0.469 e. The van der Waals surface area contributed by atoms with Gasteiger partial charge in [0, 0.05) is 6.61 Å². The molecule has 1 rings (SSSR count). The first kappa shape index (κ1) is 17.7. The first-order chi connectivity index (χ1) is 9.98. The Hall–Kier alpha value is -1.39. The highest BCUT2D eigenvalue weighted by atomic mass is 16.5. The summed E-state index contributed by atoms with van der Waals surface area (Å²) in [5.74, 6) is -0.379. The number of hydrogen-bond donors (Lipinski definition) is 1. The molecule has 0 radical (unpaired) electrons. The number of unbranched alkanes of at least 4 members (excludes halogenated alkanes) is 1. The number of aliphatic hydroxyl groups is 1. The zero-order valence-electron chi connectivity index (χ0n) is 13.2. The van der Waals surface area contributed by atoms with Crippen LogP contribution in [-0.2, 0) is 20.9 Å². The van der Waals surface area contributed by atoms with Gasteiger partial charge in [-0.1, -0.05) is 30.3 Å². The maximum absolute atomic E-state index is 11.6. The number of aliphatic hydroxyl groups excluding tert-OH is 1. The lowest BCUT2D eigenvalue weighted by molar-refractivity contribution is -0.157. The average Bonchev–Trinajstić information content (AvgIpc) is 2.50. The van der Waals surface area contributed by atoms with E-state index in [4.69, 9.17) is 9.47 Å². The van der Waals surface area contributed by atoms with E-state index in [1.807, 2.05) is 30.3 Å². The minimum absolute atomic E-state index is 0.379. The van der Waals surface area contributed by atoms with Crippen LogP contribution in [0.15, 0.2) is 30.3 Å². The number of esters is 1. The molecule has 0 fully saturated rings. The highest BCUT2D eigenvalue weighted by Crippen LogP contribution is 2.25. The molecule has 1 atom stereocenters. The Morgan fingerprint density at radius 1 is 1.24 bits per heavy atom. The molecule has 1 N–H and O–H groups in total. The van der Waals surface area contributed by atoms with Crippen molar-refractivity contribution in [2.75, 3.05) is 13.7 Å².